The van der Waals surface area contributed by atoms with Crippen molar-refractivity contribution in [3.05, 3.63) is 24.5 Å². The van der Waals surface area contributed by atoms with Gasteiger partial charge in [-0.25, -0.2) is 9.48 Å². The zero-order valence-electron chi connectivity index (χ0n) is 14.5. The molecule has 1 fully saturated rings. The fraction of sp³-hybridized carbons (Fsp3) is 0.529. The van der Waals surface area contributed by atoms with Crippen LogP contribution in [0.4, 0.5) is 10.6 Å². The minimum absolute atomic E-state index is 0.123. The molecule has 0 aromatic carbocycles. The molecule has 0 radical (unpaired) electrons. The molecule has 1 aliphatic rings. The maximum absolute atomic E-state index is 12.4. The molecule has 1 aliphatic heterocycles. The highest BCUT2D eigenvalue weighted by Crippen LogP contribution is 2.25. The molecular formula is C17H24N4O3. The van der Waals surface area contributed by atoms with Crippen molar-refractivity contribution in [2.45, 2.75) is 45.9 Å². The van der Waals surface area contributed by atoms with Gasteiger partial charge in [0.2, 0.25) is 0 Å². The van der Waals surface area contributed by atoms with Crippen LogP contribution >= 0.6 is 0 Å². The summed E-state index contributed by atoms with van der Waals surface area (Å²) in [4.78, 5) is 14.1. The molecule has 1 N–H and O–H groups in total. The van der Waals surface area contributed by atoms with Gasteiger partial charge in [-0.2, -0.15) is 5.10 Å². The number of likely N-dealkylation sites (tertiary alicyclic amines) is 1. The predicted octanol–water partition coefficient (Wildman–Crippen LogP) is 3.37. The topological polar surface area (TPSA) is 72.5 Å². The van der Waals surface area contributed by atoms with E-state index in [0.717, 1.165) is 0 Å². The second-order valence-electron chi connectivity index (χ2n) is 6.57. The van der Waals surface area contributed by atoms with Gasteiger partial charge in [0.1, 0.15) is 11.5 Å². The second kappa shape index (κ2) is 6.68. The first-order valence-electron chi connectivity index (χ1n) is 8.29. The Balaban J connectivity index is 1.67. The monoisotopic (exact) mass is 332 g/mol. The fourth-order valence-corrected chi connectivity index (χ4v) is 2.69. The highest BCUT2D eigenvalue weighted by atomic mass is 16.5. The summed E-state index contributed by atoms with van der Waals surface area (Å²) in [5, 5.41) is 7.47. The first-order valence-corrected chi connectivity index (χ1v) is 8.29. The number of nitrogens with one attached hydrogen (secondary N) is 1. The smallest absolute Gasteiger partial charge is 0.323 e. The number of urea groups is 1. The predicted molar refractivity (Wildman–Crippen MR) is 90.9 cm³/mol. The first-order chi connectivity index (χ1) is 11.4. The first kappa shape index (κ1) is 16.6. The van der Waals surface area contributed by atoms with Crippen LogP contribution in [0.1, 0.15) is 33.7 Å². The summed E-state index contributed by atoms with van der Waals surface area (Å²) in [6.07, 6.45) is 1.92. The van der Waals surface area contributed by atoms with Gasteiger partial charge in [0.05, 0.1) is 31.6 Å². The van der Waals surface area contributed by atoms with E-state index in [4.69, 9.17) is 9.15 Å². The molecule has 0 saturated carbocycles. The van der Waals surface area contributed by atoms with Gasteiger partial charge in [-0.05, 0) is 39.8 Å². The fourth-order valence-electron chi connectivity index (χ4n) is 2.69. The lowest BCUT2D eigenvalue weighted by Crippen LogP contribution is -2.56. The normalized spacial score (nSPS) is 15.2. The maximum Gasteiger partial charge on any atom is 0.323 e. The molecule has 0 unspecified atom stereocenters. The Labute approximate surface area is 141 Å². The second-order valence-corrected chi connectivity index (χ2v) is 6.57. The van der Waals surface area contributed by atoms with Gasteiger partial charge < -0.3 is 14.1 Å². The van der Waals surface area contributed by atoms with E-state index in [1.807, 2.05) is 45.9 Å². The Morgan fingerprint density at radius 3 is 2.71 bits per heavy atom. The van der Waals surface area contributed by atoms with Crippen molar-refractivity contribution in [3.8, 4) is 11.5 Å². The van der Waals surface area contributed by atoms with Crippen LogP contribution < -0.4 is 5.32 Å². The number of nitrogens with zero attached hydrogens (tertiary/aromatic N) is 3. The van der Waals surface area contributed by atoms with E-state index < -0.39 is 0 Å². The van der Waals surface area contributed by atoms with E-state index in [9.17, 15) is 4.79 Å². The van der Waals surface area contributed by atoms with E-state index in [1.165, 1.54) is 0 Å². The molecule has 3 heterocycles. The number of furan rings is 1. The third kappa shape index (κ3) is 3.46. The number of rotatable bonds is 5. The average Bonchev–Trinajstić information content (AvgIpc) is 3.10. The van der Waals surface area contributed by atoms with Crippen molar-refractivity contribution < 1.29 is 13.9 Å². The lowest BCUT2D eigenvalue weighted by Gasteiger charge is -2.39. The van der Waals surface area contributed by atoms with Gasteiger partial charge in [0.25, 0.3) is 0 Å². The third-order valence-electron chi connectivity index (χ3n) is 3.83. The van der Waals surface area contributed by atoms with E-state index >= 15 is 0 Å². The summed E-state index contributed by atoms with van der Waals surface area (Å²) in [7, 11) is 0. The van der Waals surface area contributed by atoms with Crippen LogP contribution in [0, 0.1) is 0 Å². The number of carbonyl (C=O) groups excluding carboxylic acids is 1. The zero-order valence-corrected chi connectivity index (χ0v) is 14.5. The lowest BCUT2D eigenvalue weighted by atomic mass is 10.2. The van der Waals surface area contributed by atoms with Crippen molar-refractivity contribution in [2.75, 3.05) is 18.4 Å². The summed E-state index contributed by atoms with van der Waals surface area (Å²) in [5.74, 6) is 1.34. The summed E-state index contributed by atoms with van der Waals surface area (Å²) < 4.78 is 12.9. The number of hydrogen-bond acceptors (Lipinski definition) is 4. The van der Waals surface area contributed by atoms with Crippen LogP contribution in [0.15, 0.2) is 28.9 Å². The van der Waals surface area contributed by atoms with Gasteiger partial charge in [-0.3, -0.25) is 5.32 Å². The number of anilines is 1. The highest BCUT2D eigenvalue weighted by Gasteiger charge is 2.32. The van der Waals surface area contributed by atoms with Crippen LogP contribution in [0.5, 0.6) is 0 Å². The molecule has 0 spiro atoms. The maximum atomic E-state index is 12.4. The molecular weight excluding hydrogens is 308 g/mol. The third-order valence-corrected chi connectivity index (χ3v) is 3.83. The largest absolute Gasteiger partial charge is 0.463 e. The van der Waals surface area contributed by atoms with Crippen molar-refractivity contribution in [1.29, 1.82) is 0 Å². The Kier molecular flexibility index (Phi) is 4.62. The minimum atomic E-state index is -0.133. The summed E-state index contributed by atoms with van der Waals surface area (Å²) in [5.41, 5.74) is 0.702. The molecule has 7 heteroatoms. The minimum Gasteiger partial charge on any atom is -0.463 e. The quantitative estimate of drug-likeness (QED) is 0.911. The van der Waals surface area contributed by atoms with Crippen molar-refractivity contribution in [2.24, 2.45) is 0 Å². The molecule has 0 bridgehead atoms. The van der Waals surface area contributed by atoms with Crippen LogP contribution in [0.3, 0.4) is 0 Å². The summed E-state index contributed by atoms with van der Waals surface area (Å²) in [6.45, 7) is 9.27. The van der Waals surface area contributed by atoms with Gasteiger partial charge in [0, 0.05) is 12.1 Å². The number of carbonyl (C=O) groups is 1. The summed E-state index contributed by atoms with van der Waals surface area (Å²) >= 11 is 0. The van der Waals surface area contributed by atoms with Gasteiger partial charge in [0.15, 0.2) is 5.76 Å². The Bertz CT molecular complexity index is 685. The summed E-state index contributed by atoms with van der Waals surface area (Å²) in [6, 6.07) is 5.49. The van der Waals surface area contributed by atoms with Crippen molar-refractivity contribution in [1.82, 2.24) is 14.7 Å². The van der Waals surface area contributed by atoms with E-state index in [2.05, 4.69) is 10.4 Å². The molecule has 24 heavy (non-hydrogen) atoms. The Morgan fingerprint density at radius 1 is 1.38 bits per heavy atom. The number of ether oxygens (including phenoxy) is 1. The molecule has 2 amide bonds. The van der Waals surface area contributed by atoms with Crippen molar-refractivity contribution >= 4 is 11.8 Å². The molecule has 2 aromatic rings. The van der Waals surface area contributed by atoms with Crippen LogP contribution in [-0.4, -0.2) is 46.0 Å². The molecule has 130 valence electrons. The standard InChI is InChI=1S/C17H24N4O3/c1-11(2)21-16(8-14(19-21)15-6-5-7-23-15)18-17(22)20-9-13(10-20)24-12(3)4/h5-8,11-13H,9-10H2,1-4H3,(H,18,22). The van der Waals surface area contributed by atoms with Gasteiger partial charge in [-0.1, -0.05) is 0 Å². The molecule has 0 aliphatic carbocycles. The number of amides is 2. The van der Waals surface area contributed by atoms with Crippen LogP contribution in [0.2, 0.25) is 0 Å². The molecule has 1 saturated heterocycles. The average molecular weight is 332 g/mol. The van der Waals surface area contributed by atoms with E-state index in [1.54, 1.807) is 15.8 Å². The van der Waals surface area contributed by atoms with E-state index in [0.29, 0.717) is 30.4 Å². The Morgan fingerprint density at radius 2 is 2.12 bits per heavy atom. The van der Waals surface area contributed by atoms with Crippen LogP contribution in [0.25, 0.3) is 11.5 Å². The highest BCUT2D eigenvalue weighted by molar-refractivity contribution is 5.89. The van der Waals surface area contributed by atoms with Crippen molar-refractivity contribution in [3.63, 3.8) is 0 Å². The lowest BCUT2D eigenvalue weighted by molar-refractivity contribution is -0.0624. The number of aromatic nitrogens is 2. The van der Waals surface area contributed by atoms with E-state index in [-0.39, 0.29) is 24.3 Å². The molecule has 3 rings (SSSR count). The molecule has 7 nitrogen and oxygen atoms in total. The zero-order chi connectivity index (χ0) is 17.3. The Hall–Kier alpha value is -2.28. The number of hydrogen-bond donors (Lipinski definition) is 1. The SMILES string of the molecule is CC(C)OC1CN(C(=O)Nc2cc(-c3ccco3)nn2C(C)C)C1. The molecule has 0 atom stereocenters. The van der Waals surface area contributed by atoms with Gasteiger partial charge in [-0.15, -0.1) is 0 Å². The molecule has 2 aromatic heterocycles. The van der Waals surface area contributed by atoms with Crippen LogP contribution in [-0.2, 0) is 4.74 Å². The van der Waals surface area contributed by atoms with Gasteiger partial charge >= 0.3 is 6.03 Å².